The van der Waals surface area contributed by atoms with Crippen LogP contribution in [-0.2, 0) is 19.0 Å². The van der Waals surface area contributed by atoms with Crippen molar-refractivity contribution in [1.29, 1.82) is 0 Å². The molecule has 2 aliphatic heterocycles. The van der Waals surface area contributed by atoms with Crippen molar-refractivity contribution in [2.24, 2.45) is 0 Å². The molecule has 2 unspecified atom stereocenters. The highest BCUT2D eigenvalue weighted by molar-refractivity contribution is 7.86. The third-order valence-corrected chi connectivity index (χ3v) is 4.23. The fourth-order valence-corrected chi connectivity index (χ4v) is 3.72. The van der Waals surface area contributed by atoms with Gasteiger partial charge in [-0.3, -0.25) is 4.18 Å². The Balaban J connectivity index is 2.02. The number of hydrogen-bond donors (Lipinski definition) is 0. The molecule has 0 aromatic carbocycles. The standard InChI is InChI=1S/C13H23NO5S/c1-13(2,3)18-12(15)14-9-5-6-10(14)8-11(7-9)19-20(4,16)17/h9-11H,5-8H2,1-4H3/t9-,10?,11?/m1/s1. The zero-order chi connectivity index (χ0) is 15.1. The molecule has 2 aliphatic rings. The molecule has 6 nitrogen and oxygen atoms in total. The van der Waals surface area contributed by atoms with Crippen LogP contribution in [0.4, 0.5) is 4.79 Å². The second kappa shape index (κ2) is 5.18. The third-order valence-electron chi connectivity index (χ3n) is 3.61. The summed E-state index contributed by atoms with van der Waals surface area (Å²) in [7, 11) is -3.44. The zero-order valence-corrected chi connectivity index (χ0v) is 13.3. The maximum atomic E-state index is 12.2. The Labute approximate surface area is 120 Å². The third kappa shape index (κ3) is 3.85. The van der Waals surface area contributed by atoms with E-state index in [9.17, 15) is 13.2 Å². The van der Waals surface area contributed by atoms with E-state index in [-0.39, 0.29) is 24.3 Å². The number of carbonyl (C=O) groups is 1. The van der Waals surface area contributed by atoms with Crippen LogP contribution < -0.4 is 0 Å². The van der Waals surface area contributed by atoms with E-state index in [0.29, 0.717) is 12.8 Å². The van der Waals surface area contributed by atoms with Crippen molar-refractivity contribution < 1.29 is 22.1 Å². The number of fused-ring (bicyclic) bond motifs is 2. The Morgan fingerprint density at radius 2 is 1.65 bits per heavy atom. The fourth-order valence-electron chi connectivity index (χ4n) is 3.07. The molecule has 0 saturated carbocycles. The van der Waals surface area contributed by atoms with Crippen LogP contribution >= 0.6 is 0 Å². The molecule has 116 valence electrons. The molecule has 2 fully saturated rings. The van der Waals surface area contributed by atoms with Gasteiger partial charge in [-0.1, -0.05) is 0 Å². The lowest BCUT2D eigenvalue weighted by Crippen LogP contribution is -2.50. The average Bonchev–Trinajstić information content (AvgIpc) is 2.46. The highest BCUT2D eigenvalue weighted by Crippen LogP contribution is 2.38. The van der Waals surface area contributed by atoms with E-state index < -0.39 is 15.7 Å². The van der Waals surface area contributed by atoms with Crippen molar-refractivity contribution >= 4 is 16.2 Å². The largest absolute Gasteiger partial charge is 0.444 e. The van der Waals surface area contributed by atoms with E-state index >= 15 is 0 Å². The lowest BCUT2D eigenvalue weighted by Gasteiger charge is -2.38. The molecule has 0 radical (unpaired) electrons. The second-order valence-corrected chi connectivity index (χ2v) is 8.27. The van der Waals surface area contributed by atoms with Crippen LogP contribution in [0.25, 0.3) is 0 Å². The molecule has 20 heavy (non-hydrogen) atoms. The first-order chi connectivity index (χ1) is 9.05. The number of hydrogen-bond acceptors (Lipinski definition) is 5. The summed E-state index contributed by atoms with van der Waals surface area (Å²) in [5.41, 5.74) is -0.517. The average molecular weight is 305 g/mol. The van der Waals surface area contributed by atoms with Crippen molar-refractivity contribution in [3.05, 3.63) is 0 Å². The van der Waals surface area contributed by atoms with Crippen molar-refractivity contribution in [3.63, 3.8) is 0 Å². The van der Waals surface area contributed by atoms with Crippen LogP contribution in [0.5, 0.6) is 0 Å². The number of carbonyl (C=O) groups excluding carboxylic acids is 1. The summed E-state index contributed by atoms with van der Waals surface area (Å²) in [6.45, 7) is 5.52. The summed E-state index contributed by atoms with van der Waals surface area (Å²) >= 11 is 0. The van der Waals surface area contributed by atoms with Gasteiger partial charge in [-0.05, 0) is 46.5 Å². The normalized spacial score (nSPS) is 30.4. The maximum Gasteiger partial charge on any atom is 0.410 e. The van der Waals surface area contributed by atoms with E-state index in [2.05, 4.69) is 0 Å². The number of piperidine rings is 1. The lowest BCUT2D eigenvalue weighted by atomic mass is 10.0. The molecule has 0 aromatic rings. The van der Waals surface area contributed by atoms with Gasteiger partial charge in [0, 0.05) is 12.1 Å². The molecule has 3 atom stereocenters. The van der Waals surface area contributed by atoms with Gasteiger partial charge in [-0.25, -0.2) is 4.79 Å². The van der Waals surface area contributed by atoms with Crippen LogP contribution in [0.2, 0.25) is 0 Å². The van der Waals surface area contributed by atoms with Gasteiger partial charge in [-0.15, -0.1) is 0 Å². The first kappa shape index (κ1) is 15.6. The van der Waals surface area contributed by atoms with Gasteiger partial charge in [0.25, 0.3) is 10.1 Å². The van der Waals surface area contributed by atoms with Crippen molar-refractivity contribution in [1.82, 2.24) is 4.90 Å². The second-order valence-electron chi connectivity index (χ2n) is 6.67. The molecule has 0 aromatic heterocycles. The van der Waals surface area contributed by atoms with E-state index in [1.54, 1.807) is 4.90 Å². The maximum absolute atomic E-state index is 12.2. The predicted molar refractivity (Wildman–Crippen MR) is 73.8 cm³/mol. The number of rotatable bonds is 2. The quantitative estimate of drug-likeness (QED) is 0.728. The van der Waals surface area contributed by atoms with Crippen LogP contribution in [0, 0.1) is 0 Å². The van der Waals surface area contributed by atoms with Gasteiger partial charge < -0.3 is 9.64 Å². The fraction of sp³-hybridized carbons (Fsp3) is 0.923. The Bertz CT molecular complexity index is 467. The molecule has 0 aliphatic carbocycles. The Morgan fingerprint density at radius 1 is 1.15 bits per heavy atom. The molecule has 2 rings (SSSR count). The van der Waals surface area contributed by atoms with Gasteiger partial charge >= 0.3 is 6.09 Å². The minimum absolute atomic E-state index is 0.0235. The van der Waals surface area contributed by atoms with E-state index in [4.69, 9.17) is 8.92 Å². The Hall–Kier alpha value is -0.820. The summed E-state index contributed by atoms with van der Waals surface area (Å²) < 4.78 is 32.9. The molecule has 2 bridgehead atoms. The first-order valence-corrected chi connectivity index (χ1v) is 8.76. The molecule has 2 saturated heterocycles. The lowest BCUT2D eigenvalue weighted by molar-refractivity contribution is -0.00599. The van der Waals surface area contributed by atoms with Crippen LogP contribution in [0.1, 0.15) is 46.5 Å². The highest BCUT2D eigenvalue weighted by Gasteiger charge is 2.45. The molecule has 1 amide bonds. The Morgan fingerprint density at radius 3 is 2.05 bits per heavy atom. The predicted octanol–water partition coefficient (Wildman–Crippen LogP) is 1.89. The summed E-state index contributed by atoms with van der Waals surface area (Å²) in [4.78, 5) is 14.0. The van der Waals surface area contributed by atoms with E-state index in [1.807, 2.05) is 20.8 Å². The number of nitrogens with zero attached hydrogens (tertiary/aromatic N) is 1. The monoisotopic (exact) mass is 305 g/mol. The van der Waals surface area contributed by atoms with E-state index in [1.165, 1.54) is 0 Å². The molecular formula is C13H23NO5S. The zero-order valence-electron chi connectivity index (χ0n) is 12.5. The van der Waals surface area contributed by atoms with Crippen molar-refractivity contribution in [3.8, 4) is 0 Å². The summed E-state index contributed by atoms with van der Waals surface area (Å²) in [6, 6.07) is 0.0469. The molecule has 2 heterocycles. The smallest absolute Gasteiger partial charge is 0.410 e. The van der Waals surface area contributed by atoms with Crippen LogP contribution in [0.15, 0.2) is 0 Å². The minimum Gasteiger partial charge on any atom is -0.444 e. The van der Waals surface area contributed by atoms with Crippen molar-refractivity contribution in [2.45, 2.75) is 70.2 Å². The van der Waals surface area contributed by atoms with Crippen LogP contribution in [0.3, 0.4) is 0 Å². The number of amides is 1. The number of ether oxygens (including phenoxy) is 1. The van der Waals surface area contributed by atoms with Crippen molar-refractivity contribution in [2.75, 3.05) is 6.26 Å². The molecule has 0 spiro atoms. The van der Waals surface area contributed by atoms with Gasteiger partial charge in [0.05, 0.1) is 12.4 Å². The highest BCUT2D eigenvalue weighted by atomic mass is 32.2. The topological polar surface area (TPSA) is 72.9 Å². The minimum atomic E-state index is -3.44. The molecule has 7 heteroatoms. The molecular weight excluding hydrogens is 282 g/mol. The SMILES string of the molecule is CC(C)(C)OC(=O)N1C2CC[C@@H]1CC(OS(C)(=O)=O)C2. The summed E-state index contributed by atoms with van der Waals surface area (Å²) in [5.74, 6) is 0. The van der Waals surface area contributed by atoms with Crippen LogP contribution in [-0.4, -0.2) is 49.5 Å². The van der Waals surface area contributed by atoms with Gasteiger partial charge in [0.1, 0.15) is 5.60 Å². The molecule has 0 N–H and O–H groups in total. The Kier molecular flexibility index (Phi) is 4.03. The first-order valence-electron chi connectivity index (χ1n) is 6.95. The summed E-state index contributed by atoms with van der Waals surface area (Å²) in [6.07, 6.45) is 3.32. The van der Waals surface area contributed by atoms with Gasteiger partial charge in [0.2, 0.25) is 0 Å². The summed E-state index contributed by atoms with van der Waals surface area (Å²) in [5, 5.41) is 0. The van der Waals surface area contributed by atoms with Gasteiger partial charge in [-0.2, -0.15) is 8.42 Å². The van der Waals surface area contributed by atoms with Gasteiger partial charge in [0.15, 0.2) is 0 Å². The van der Waals surface area contributed by atoms with E-state index in [0.717, 1.165) is 19.1 Å².